The lowest BCUT2D eigenvalue weighted by molar-refractivity contribution is 0.570. The molecule has 0 bridgehead atoms. The quantitative estimate of drug-likeness (QED) is 0.727. The molecule has 3 rings (SSSR count). The zero-order valence-corrected chi connectivity index (χ0v) is 11.1. The summed E-state index contributed by atoms with van der Waals surface area (Å²) in [5.41, 5.74) is 1.06. The molecule has 19 heavy (non-hydrogen) atoms. The van der Waals surface area contributed by atoms with Gasteiger partial charge in [-0.05, 0) is 36.4 Å². The first-order valence-corrected chi connectivity index (χ1v) is 7.22. The van der Waals surface area contributed by atoms with Crippen molar-refractivity contribution >= 4 is 32.7 Å². The summed E-state index contributed by atoms with van der Waals surface area (Å²) in [5.74, 6) is 0. The van der Waals surface area contributed by atoms with Crippen LogP contribution in [0.25, 0.3) is 11.0 Å². The third kappa shape index (κ3) is 2.09. The summed E-state index contributed by atoms with van der Waals surface area (Å²) < 4.78 is 25.4. The van der Waals surface area contributed by atoms with Crippen LogP contribution in [0.15, 0.2) is 53.4 Å². The zero-order chi connectivity index (χ0) is 13.5. The molecule has 0 aliphatic heterocycles. The number of hydrogen-bond donors (Lipinski definition) is 0. The van der Waals surface area contributed by atoms with Crippen molar-refractivity contribution in [3.8, 4) is 0 Å². The first-order chi connectivity index (χ1) is 9.07. The monoisotopic (exact) mass is 293 g/mol. The van der Waals surface area contributed by atoms with E-state index in [1.807, 2.05) is 0 Å². The van der Waals surface area contributed by atoms with Crippen LogP contribution < -0.4 is 0 Å². The lowest BCUT2D eigenvalue weighted by Crippen LogP contribution is -2.15. The minimum absolute atomic E-state index is 0.0946. The first-order valence-electron chi connectivity index (χ1n) is 5.40. The molecule has 0 amide bonds. The Morgan fingerprint density at radius 2 is 1.42 bits per heavy atom. The topological polar surface area (TPSA) is 64.8 Å². The molecule has 0 unspecified atom stereocenters. The largest absolute Gasteiger partial charge is 0.299 e. The van der Waals surface area contributed by atoms with Gasteiger partial charge < -0.3 is 0 Å². The van der Waals surface area contributed by atoms with E-state index < -0.39 is 10.0 Å². The maximum absolute atomic E-state index is 12.3. The van der Waals surface area contributed by atoms with Gasteiger partial charge in [-0.3, -0.25) is 0 Å². The maximum Gasteiger partial charge on any atom is 0.299 e. The van der Waals surface area contributed by atoms with E-state index in [2.05, 4.69) is 10.2 Å². The van der Waals surface area contributed by atoms with E-state index in [9.17, 15) is 8.42 Å². The summed E-state index contributed by atoms with van der Waals surface area (Å²) in [6.07, 6.45) is 0. The molecule has 7 heteroatoms. The Bertz CT molecular complexity index is 808. The van der Waals surface area contributed by atoms with E-state index in [-0.39, 0.29) is 4.90 Å². The number of nitrogens with zero attached hydrogens (tertiary/aromatic N) is 3. The molecule has 5 nitrogen and oxygen atoms in total. The Morgan fingerprint density at radius 3 is 1.95 bits per heavy atom. The highest BCUT2D eigenvalue weighted by Crippen LogP contribution is 2.17. The van der Waals surface area contributed by atoms with Gasteiger partial charge in [-0.1, -0.05) is 27.9 Å². The average Bonchev–Trinajstić information content (AvgIpc) is 2.83. The molecule has 96 valence electrons. The van der Waals surface area contributed by atoms with Crippen molar-refractivity contribution in [3.63, 3.8) is 0 Å². The SMILES string of the molecule is O=S(=O)(c1ccc(Cl)cc1)n1nc2ccccc2n1. The Kier molecular flexibility index (Phi) is 2.76. The highest BCUT2D eigenvalue weighted by molar-refractivity contribution is 7.89. The second-order valence-electron chi connectivity index (χ2n) is 3.87. The van der Waals surface area contributed by atoms with Crippen molar-refractivity contribution in [3.05, 3.63) is 53.6 Å². The highest BCUT2D eigenvalue weighted by Gasteiger charge is 2.19. The average molecular weight is 294 g/mol. The summed E-state index contributed by atoms with van der Waals surface area (Å²) in [5, 5.41) is 8.41. The van der Waals surface area contributed by atoms with Gasteiger partial charge in [0, 0.05) is 5.02 Å². The lowest BCUT2D eigenvalue weighted by Gasteiger charge is -2.02. The number of benzene rings is 2. The van der Waals surface area contributed by atoms with Gasteiger partial charge in [-0.25, -0.2) is 0 Å². The molecule has 0 aliphatic carbocycles. The Hall–Kier alpha value is -1.92. The van der Waals surface area contributed by atoms with Crippen molar-refractivity contribution in [1.82, 2.24) is 14.4 Å². The number of aromatic nitrogens is 3. The smallest absolute Gasteiger partial charge is 0.198 e. The van der Waals surface area contributed by atoms with Crippen LogP contribution in [0.2, 0.25) is 5.02 Å². The van der Waals surface area contributed by atoms with Gasteiger partial charge >= 0.3 is 0 Å². The molecule has 0 atom stereocenters. The fourth-order valence-corrected chi connectivity index (χ4v) is 2.83. The Balaban J connectivity index is 2.16. The third-order valence-corrected chi connectivity index (χ3v) is 4.31. The Labute approximate surface area is 114 Å². The van der Waals surface area contributed by atoms with Gasteiger partial charge in [-0.2, -0.15) is 8.42 Å². The van der Waals surface area contributed by atoms with Gasteiger partial charge in [0.2, 0.25) is 0 Å². The van der Waals surface area contributed by atoms with E-state index in [1.54, 1.807) is 24.3 Å². The van der Waals surface area contributed by atoms with E-state index in [0.717, 1.165) is 4.20 Å². The van der Waals surface area contributed by atoms with Crippen LogP contribution in [-0.4, -0.2) is 22.8 Å². The van der Waals surface area contributed by atoms with Crippen LogP contribution in [0.4, 0.5) is 0 Å². The lowest BCUT2D eigenvalue weighted by atomic mass is 10.3. The molecule has 0 radical (unpaired) electrons. The number of halogens is 1. The van der Waals surface area contributed by atoms with Crippen LogP contribution >= 0.6 is 11.6 Å². The predicted octanol–water partition coefficient (Wildman–Crippen LogP) is 2.32. The molecule has 0 fully saturated rings. The molecule has 0 saturated carbocycles. The summed E-state index contributed by atoms with van der Waals surface area (Å²) in [4.78, 5) is 0.0946. The number of hydrogen-bond acceptors (Lipinski definition) is 4. The highest BCUT2D eigenvalue weighted by atomic mass is 35.5. The van der Waals surface area contributed by atoms with E-state index in [4.69, 9.17) is 11.6 Å². The molecular weight excluding hydrogens is 286 g/mol. The van der Waals surface area contributed by atoms with Gasteiger partial charge in [0.05, 0.1) is 4.90 Å². The minimum Gasteiger partial charge on any atom is -0.198 e. The molecule has 0 saturated heterocycles. The van der Waals surface area contributed by atoms with Crippen LogP contribution in [0.1, 0.15) is 0 Å². The van der Waals surface area contributed by atoms with Crippen LogP contribution in [0.5, 0.6) is 0 Å². The Morgan fingerprint density at radius 1 is 0.895 bits per heavy atom. The summed E-state index contributed by atoms with van der Waals surface area (Å²) >= 11 is 5.74. The van der Waals surface area contributed by atoms with Gasteiger partial charge in [-0.15, -0.1) is 10.2 Å². The van der Waals surface area contributed by atoms with Gasteiger partial charge in [0.25, 0.3) is 10.0 Å². The second-order valence-corrected chi connectivity index (χ2v) is 6.06. The van der Waals surface area contributed by atoms with Gasteiger partial charge in [0.15, 0.2) is 0 Å². The molecular formula is C12H8ClN3O2S. The minimum atomic E-state index is -3.78. The summed E-state index contributed by atoms with van der Waals surface area (Å²) in [6.45, 7) is 0. The molecule has 1 aromatic heterocycles. The summed E-state index contributed by atoms with van der Waals surface area (Å²) in [6, 6.07) is 12.8. The molecule has 0 aliphatic rings. The van der Waals surface area contributed by atoms with Crippen molar-refractivity contribution in [2.24, 2.45) is 0 Å². The number of fused-ring (bicyclic) bond motifs is 1. The fraction of sp³-hybridized carbons (Fsp3) is 0. The van der Waals surface area contributed by atoms with Crippen molar-refractivity contribution in [2.45, 2.75) is 4.90 Å². The normalized spacial score (nSPS) is 11.8. The van der Waals surface area contributed by atoms with E-state index >= 15 is 0 Å². The summed E-state index contributed by atoms with van der Waals surface area (Å²) in [7, 11) is -3.78. The molecule has 1 heterocycles. The molecule has 0 N–H and O–H groups in total. The van der Waals surface area contributed by atoms with Crippen molar-refractivity contribution in [2.75, 3.05) is 0 Å². The second kappa shape index (κ2) is 4.32. The molecule has 0 spiro atoms. The molecule has 2 aromatic carbocycles. The van der Waals surface area contributed by atoms with Crippen LogP contribution in [0, 0.1) is 0 Å². The maximum atomic E-state index is 12.3. The van der Waals surface area contributed by atoms with Crippen LogP contribution in [-0.2, 0) is 10.0 Å². The van der Waals surface area contributed by atoms with E-state index in [1.165, 1.54) is 24.3 Å². The predicted molar refractivity (Wildman–Crippen MR) is 71.6 cm³/mol. The van der Waals surface area contributed by atoms with Gasteiger partial charge in [0.1, 0.15) is 11.0 Å². The first kappa shape index (κ1) is 12.1. The fourth-order valence-electron chi connectivity index (χ4n) is 1.65. The zero-order valence-electron chi connectivity index (χ0n) is 9.56. The van der Waals surface area contributed by atoms with Crippen molar-refractivity contribution in [1.29, 1.82) is 0 Å². The number of rotatable bonds is 2. The molecule has 3 aromatic rings. The third-order valence-electron chi connectivity index (χ3n) is 2.59. The standard InChI is InChI=1S/C12H8ClN3O2S/c13-9-5-7-10(8-6-9)19(17,18)16-14-11-3-1-2-4-12(11)15-16/h1-8H. The van der Waals surface area contributed by atoms with Crippen LogP contribution in [0.3, 0.4) is 0 Å². The van der Waals surface area contributed by atoms with E-state index in [0.29, 0.717) is 16.1 Å². The van der Waals surface area contributed by atoms with Crippen molar-refractivity contribution < 1.29 is 8.42 Å².